The summed E-state index contributed by atoms with van der Waals surface area (Å²) in [6.45, 7) is 9.11. The zero-order chi connectivity index (χ0) is 21.8. The van der Waals surface area contributed by atoms with E-state index in [1.807, 2.05) is 0 Å². The summed E-state index contributed by atoms with van der Waals surface area (Å²) in [4.78, 5) is 0. The summed E-state index contributed by atoms with van der Waals surface area (Å²) in [6, 6.07) is 28.7. The van der Waals surface area contributed by atoms with Crippen LogP contribution in [0.3, 0.4) is 0 Å². The predicted molar refractivity (Wildman–Crippen MR) is 138 cm³/mol. The first kappa shape index (κ1) is 21.6. The Labute approximate surface area is 187 Å². The van der Waals surface area contributed by atoms with Crippen LogP contribution in [0.5, 0.6) is 0 Å². The van der Waals surface area contributed by atoms with Crippen molar-refractivity contribution in [2.45, 2.75) is 45.2 Å². The first-order valence-corrected chi connectivity index (χ1v) is 13.1. The molecule has 158 valence electrons. The van der Waals surface area contributed by atoms with E-state index in [9.17, 15) is 0 Å². The van der Waals surface area contributed by atoms with Gasteiger partial charge in [0, 0.05) is 12.7 Å². The van der Waals surface area contributed by atoms with Crippen LogP contribution in [0.4, 0.5) is 5.69 Å². The molecular weight excluding hydrogens is 393 g/mol. The second-order valence-electron chi connectivity index (χ2n) is 8.81. The predicted octanol–water partition coefficient (Wildman–Crippen LogP) is 7.91. The standard InChI is InChI=1S/C29H32NP/c1-22(2)27-20-13-21-28(23(3)4)29(27)30-31(26-18-11-12-19-26,24-14-7-5-8-15-24)25-16-9-6-10-17-25/h5-23,26H,1-4H3. The van der Waals surface area contributed by atoms with Gasteiger partial charge in [0.2, 0.25) is 0 Å². The molecule has 0 saturated carbocycles. The Morgan fingerprint density at radius 3 is 1.48 bits per heavy atom. The molecule has 1 aliphatic carbocycles. The minimum atomic E-state index is -2.15. The molecule has 0 fully saturated rings. The van der Waals surface area contributed by atoms with E-state index in [0.717, 1.165) is 0 Å². The second kappa shape index (κ2) is 9.25. The average molecular weight is 426 g/mol. The molecule has 2 heteroatoms. The summed E-state index contributed by atoms with van der Waals surface area (Å²) >= 11 is 0. The Bertz CT molecular complexity index is 1060. The largest absolute Gasteiger partial charge is 0.257 e. The van der Waals surface area contributed by atoms with E-state index in [-0.39, 0.29) is 5.66 Å². The molecule has 0 heterocycles. The highest BCUT2D eigenvalue weighted by Crippen LogP contribution is 2.57. The smallest absolute Gasteiger partial charge is 0.0690 e. The van der Waals surface area contributed by atoms with Crippen molar-refractivity contribution in [3.05, 3.63) is 114 Å². The minimum absolute atomic E-state index is 0.262. The monoisotopic (exact) mass is 425 g/mol. The van der Waals surface area contributed by atoms with Gasteiger partial charge in [-0.1, -0.05) is 131 Å². The third kappa shape index (κ3) is 4.12. The quantitative estimate of drug-likeness (QED) is 0.356. The van der Waals surface area contributed by atoms with Gasteiger partial charge in [0.15, 0.2) is 0 Å². The molecule has 0 aliphatic heterocycles. The molecule has 0 N–H and O–H groups in total. The van der Waals surface area contributed by atoms with Crippen LogP contribution in [0.25, 0.3) is 0 Å². The highest BCUT2D eigenvalue weighted by atomic mass is 31.2. The van der Waals surface area contributed by atoms with Crippen LogP contribution in [-0.4, -0.2) is 5.66 Å². The van der Waals surface area contributed by atoms with Crippen LogP contribution in [-0.2, 0) is 0 Å². The summed E-state index contributed by atoms with van der Waals surface area (Å²) in [5.41, 5.74) is 4.14. The normalized spacial score (nSPS) is 14.0. The van der Waals surface area contributed by atoms with Gasteiger partial charge in [0.05, 0.1) is 5.69 Å². The summed E-state index contributed by atoms with van der Waals surface area (Å²) in [7, 11) is -2.15. The topological polar surface area (TPSA) is 12.4 Å². The molecule has 31 heavy (non-hydrogen) atoms. The van der Waals surface area contributed by atoms with E-state index in [0.29, 0.717) is 11.8 Å². The molecule has 0 atom stereocenters. The second-order valence-corrected chi connectivity index (χ2v) is 12.0. The zero-order valence-corrected chi connectivity index (χ0v) is 19.8. The first-order chi connectivity index (χ1) is 15.0. The number of benzene rings is 3. The lowest BCUT2D eigenvalue weighted by molar-refractivity contribution is 0.835. The molecule has 3 aromatic carbocycles. The molecule has 0 bridgehead atoms. The van der Waals surface area contributed by atoms with Crippen molar-refractivity contribution in [2.75, 3.05) is 0 Å². The number of hydrogen-bond acceptors (Lipinski definition) is 1. The van der Waals surface area contributed by atoms with E-state index in [1.54, 1.807) is 0 Å². The number of allylic oxidation sites excluding steroid dienone is 4. The Balaban J connectivity index is 2.16. The summed E-state index contributed by atoms with van der Waals surface area (Å²) in [5.74, 6) is 0.834. The van der Waals surface area contributed by atoms with Gasteiger partial charge in [-0.05, 0) is 33.6 Å². The SMILES string of the molecule is CC(C)c1cccc(C(C)C)c1N=P(c1ccccc1)(c1ccccc1)C1C=CC=C1. The Morgan fingerprint density at radius 1 is 0.613 bits per heavy atom. The van der Waals surface area contributed by atoms with Crippen molar-refractivity contribution in [3.8, 4) is 0 Å². The van der Waals surface area contributed by atoms with Crippen molar-refractivity contribution >= 4 is 23.4 Å². The van der Waals surface area contributed by atoms with E-state index >= 15 is 0 Å². The van der Waals surface area contributed by atoms with Gasteiger partial charge in [0.25, 0.3) is 0 Å². The van der Waals surface area contributed by atoms with E-state index in [2.05, 4.69) is 131 Å². The maximum atomic E-state index is 5.86. The first-order valence-electron chi connectivity index (χ1n) is 11.2. The van der Waals surface area contributed by atoms with Crippen LogP contribution >= 0.6 is 7.05 Å². The molecule has 3 aromatic rings. The molecule has 0 saturated heterocycles. The highest BCUT2D eigenvalue weighted by molar-refractivity contribution is 7.82. The molecule has 0 unspecified atom stereocenters. The fourth-order valence-electron chi connectivity index (χ4n) is 4.44. The van der Waals surface area contributed by atoms with Crippen LogP contribution in [0, 0.1) is 0 Å². The van der Waals surface area contributed by atoms with E-state index in [1.165, 1.54) is 27.4 Å². The summed E-state index contributed by atoms with van der Waals surface area (Å²) in [5, 5.41) is 2.66. The lowest BCUT2D eigenvalue weighted by atomic mass is 9.93. The van der Waals surface area contributed by atoms with Crippen LogP contribution < -0.4 is 10.6 Å². The molecule has 1 aliphatic rings. The lowest BCUT2D eigenvalue weighted by Gasteiger charge is -2.32. The summed E-state index contributed by atoms with van der Waals surface area (Å²) in [6.07, 6.45) is 9.03. The molecule has 0 amide bonds. The van der Waals surface area contributed by atoms with Crippen molar-refractivity contribution in [3.63, 3.8) is 0 Å². The van der Waals surface area contributed by atoms with Crippen molar-refractivity contribution < 1.29 is 0 Å². The van der Waals surface area contributed by atoms with Gasteiger partial charge in [-0.2, -0.15) is 0 Å². The van der Waals surface area contributed by atoms with Gasteiger partial charge in [-0.15, -0.1) is 0 Å². The fraction of sp³-hybridized carbons (Fsp3) is 0.241. The van der Waals surface area contributed by atoms with Gasteiger partial charge >= 0.3 is 0 Å². The zero-order valence-electron chi connectivity index (χ0n) is 18.9. The molecule has 4 rings (SSSR count). The maximum absolute atomic E-state index is 5.86. The van der Waals surface area contributed by atoms with Gasteiger partial charge in [0.1, 0.15) is 0 Å². The molecular formula is C29H32NP. The van der Waals surface area contributed by atoms with E-state index < -0.39 is 7.05 Å². The lowest BCUT2D eigenvalue weighted by Crippen LogP contribution is -2.23. The molecule has 0 radical (unpaired) electrons. The maximum Gasteiger partial charge on any atom is 0.0690 e. The Kier molecular flexibility index (Phi) is 6.44. The molecule has 0 aromatic heterocycles. The van der Waals surface area contributed by atoms with Crippen LogP contribution in [0.15, 0.2) is 108 Å². The fourth-order valence-corrected chi connectivity index (χ4v) is 8.29. The minimum Gasteiger partial charge on any atom is -0.257 e. The third-order valence-electron chi connectivity index (χ3n) is 6.06. The number of hydrogen-bond donors (Lipinski definition) is 0. The Morgan fingerprint density at radius 2 is 1.06 bits per heavy atom. The molecule has 0 spiro atoms. The highest BCUT2D eigenvalue weighted by Gasteiger charge is 2.33. The van der Waals surface area contributed by atoms with Crippen molar-refractivity contribution in [1.82, 2.24) is 0 Å². The number of rotatable bonds is 6. The average Bonchev–Trinajstić information content (AvgIpc) is 3.33. The van der Waals surface area contributed by atoms with Gasteiger partial charge in [-0.3, -0.25) is 4.74 Å². The van der Waals surface area contributed by atoms with Crippen LogP contribution in [0.1, 0.15) is 50.7 Å². The van der Waals surface area contributed by atoms with Crippen molar-refractivity contribution in [1.29, 1.82) is 0 Å². The summed E-state index contributed by atoms with van der Waals surface area (Å²) < 4.78 is 5.86. The van der Waals surface area contributed by atoms with E-state index in [4.69, 9.17) is 4.74 Å². The third-order valence-corrected chi connectivity index (χ3v) is 9.95. The van der Waals surface area contributed by atoms with Crippen molar-refractivity contribution in [2.24, 2.45) is 4.74 Å². The van der Waals surface area contributed by atoms with Gasteiger partial charge in [-0.25, -0.2) is 0 Å². The Hall–Kier alpha value is -2.63. The molecule has 1 nitrogen and oxygen atoms in total. The van der Waals surface area contributed by atoms with Gasteiger partial charge < -0.3 is 0 Å². The number of nitrogens with zero attached hydrogens (tertiary/aromatic N) is 1. The van der Waals surface area contributed by atoms with Crippen LogP contribution in [0.2, 0.25) is 0 Å².